The topological polar surface area (TPSA) is 100 Å². The first-order valence-corrected chi connectivity index (χ1v) is 9.03. The lowest BCUT2D eigenvalue weighted by Gasteiger charge is -2.13. The van der Waals surface area contributed by atoms with Crippen molar-refractivity contribution < 1.29 is 13.2 Å². The minimum Gasteiger partial charge on any atom is -0.354 e. The van der Waals surface area contributed by atoms with Gasteiger partial charge in [-0.15, -0.1) is 0 Å². The van der Waals surface area contributed by atoms with Crippen molar-refractivity contribution in [2.45, 2.75) is 11.8 Å². The van der Waals surface area contributed by atoms with Gasteiger partial charge in [0.05, 0.1) is 5.69 Å². The van der Waals surface area contributed by atoms with E-state index >= 15 is 0 Å². The predicted molar refractivity (Wildman–Crippen MR) is 93.4 cm³/mol. The van der Waals surface area contributed by atoms with Crippen molar-refractivity contribution in [2.75, 3.05) is 11.9 Å². The van der Waals surface area contributed by atoms with Gasteiger partial charge in [-0.2, -0.15) is 0 Å². The highest BCUT2D eigenvalue weighted by Gasteiger charge is 2.21. The number of urea groups is 1. The molecule has 0 radical (unpaired) electrons. The highest BCUT2D eigenvalue weighted by atomic mass is 35.5. The summed E-state index contributed by atoms with van der Waals surface area (Å²) >= 11 is 11.9. The van der Waals surface area contributed by atoms with E-state index in [0.29, 0.717) is 22.3 Å². The van der Waals surface area contributed by atoms with Gasteiger partial charge in [-0.1, -0.05) is 23.2 Å². The monoisotopic (exact) mass is 388 g/mol. The Balaban J connectivity index is 2.35. The van der Waals surface area contributed by atoms with Crippen LogP contribution in [-0.4, -0.2) is 26.0 Å². The number of anilines is 2. The Labute approximate surface area is 149 Å². The molecule has 0 saturated carbocycles. The van der Waals surface area contributed by atoms with Crippen LogP contribution in [0.2, 0.25) is 10.0 Å². The smallest absolute Gasteiger partial charge is 0.328 e. The van der Waals surface area contributed by atoms with Gasteiger partial charge in [-0.05, 0) is 31.2 Å². The van der Waals surface area contributed by atoms with Gasteiger partial charge < -0.3 is 10.6 Å². The number of hydrogen-bond acceptors (Lipinski definition) is 5. The van der Waals surface area contributed by atoms with Crippen molar-refractivity contribution in [3.63, 3.8) is 0 Å². The molecule has 0 aliphatic carbocycles. The molecule has 0 aliphatic heterocycles. The summed E-state index contributed by atoms with van der Waals surface area (Å²) in [6.45, 7) is 1.96. The van der Waals surface area contributed by atoms with Crippen LogP contribution in [-0.2, 0) is 10.0 Å². The summed E-state index contributed by atoms with van der Waals surface area (Å²) < 4.78 is 26.6. The Bertz CT molecular complexity index is 839. The first-order valence-electron chi connectivity index (χ1n) is 6.79. The number of benzene rings is 1. The van der Waals surface area contributed by atoms with Crippen molar-refractivity contribution in [1.29, 1.82) is 0 Å². The lowest BCUT2D eigenvalue weighted by atomic mass is 10.3. The van der Waals surface area contributed by atoms with Gasteiger partial charge >= 0.3 is 6.03 Å². The van der Waals surface area contributed by atoms with Gasteiger partial charge in [-0.25, -0.2) is 17.9 Å². The maximum atomic E-state index is 12.4. The summed E-state index contributed by atoms with van der Waals surface area (Å²) in [6.07, 6.45) is 2.55. The van der Waals surface area contributed by atoms with E-state index in [0.717, 1.165) is 6.20 Å². The third-order valence-corrected chi connectivity index (χ3v) is 4.57. The third kappa shape index (κ3) is 4.73. The molecule has 3 N–H and O–H groups in total. The normalized spacial score (nSPS) is 11.0. The number of halogens is 2. The minimum absolute atomic E-state index is 0.188. The number of nitrogens with one attached hydrogen (secondary N) is 3. The van der Waals surface area contributed by atoms with E-state index in [4.69, 9.17) is 23.2 Å². The number of carbonyl (C=O) groups excluding carboxylic acids is 1. The van der Waals surface area contributed by atoms with Crippen LogP contribution in [0.3, 0.4) is 0 Å². The second-order valence-corrected chi connectivity index (χ2v) is 7.14. The molecular formula is C14H14Cl2N4O3S. The minimum atomic E-state index is -4.11. The molecule has 1 heterocycles. The Morgan fingerprint density at radius 3 is 2.50 bits per heavy atom. The van der Waals surface area contributed by atoms with Crippen LogP contribution in [0.25, 0.3) is 0 Å². The summed E-state index contributed by atoms with van der Waals surface area (Å²) in [5.41, 5.74) is 0.716. The van der Waals surface area contributed by atoms with Crippen LogP contribution in [0.4, 0.5) is 16.2 Å². The van der Waals surface area contributed by atoms with Gasteiger partial charge in [0.2, 0.25) is 0 Å². The highest BCUT2D eigenvalue weighted by Crippen LogP contribution is 2.28. The average Bonchev–Trinajstić information content (AvgIpc) is 2.46. The molecule has 128 valence electrons. The molecule has 1 aromatic heterocycles. The highest BCUT2D eigenvalue weighted by molar-refractivity contribution is 7.90. The van der Waals surface area contributed by atoms with E-state index in [1.54, 1.807) is 25.1 Å². The van der Waals surface area contributed by atoms with Crippen molar-refractivity contribution in [1.82, 2.24) is 15.0 Å². The molecule has 0 unspecified atom stereocenters. The van der Waals surface area contributed by atoms with Crippen LogP contribution in [0, 0.1) is 0 Å². The van der Waals surface area contributed by atoms with E-state index in [9.17, 15) is 13.2 Å². The molecule has 10 heteroatoms. The summed E-state index contributed by atoms with van der Waals surface area (Å²) in [5.74, 6) is 0. The third-order valence-electron chi connectivity index (χ3n) is 2.78. The predicted octanol–water partition coefficient (Wildman–Crippen LogP) is 3.14. The van der Waals surface area contributed by atoms with E-state index in [1.807, 2.05) is 4.72 Å². The standard InChI is InChI=1S/C14H14Cl2N4O3S/c1-2-18-14(21)20-24(22,23)13-8-17-4-3-12(13)19-11-6-9(15)5-10(16)7-11/h3-8H,2H2,1H3,(H,17,19)(H2,18,20,21). The quantitative estimate of drug-likeness (QED) is 0.730. The number of carbonyl (C=O) groups is 1. The zero-order valence-electron chi connectivity index (χ0n) is 12.5. The van der Waals surface area contributed by atoms with Gasteiger partial charge in [0, 0.05) is 34.7 Å². The average molecular weight is 389 g/mol. The van der Waals surface area contributed by atoms with Gasteiger partial charge in [0.1, 0.15) is 4.90 Å². The van der Waals surface area contributed by atoms with E-state index < -0.39 is 16.1 Å². The molecule has 7 nitrogen and oxygen atoms in total. The molecule has 0 spiro atoms. The van der Waals surface area contributed by atoms with Gasteiger partial charge in [0.15, 0.2) is 0 Å². The fraction of sp³-hybridized carbons (Fsp3) is 0.143. The van der Waals surface area contributed by atoms with Crippen LogP contribution in [0.15, 0.2) is 41.6 Å². The fourth-order valence-corrected chi connectivity index (χ4v) is 3.41. The fourth-order valence-electron chi connectivity index (χ4n) is 1.85. The molecule has 0 atom stereocenters. The lowest BCUT2D eigenvalue weighted by Crippen LogP contribution is -2.39. The zero-order valence-corrected chi connectivity index (χ0v) is 14.8. The van der Waals surface area contributed by atoms with Crippen molar-refractivity contribution in [3.05, 3.63) is 46.7 Å². The van der Waals surface area contributed by atoms with E-state index in [2.05, 4.69) is 15.6 Å². The van der Waals surface area contributed by atoms with Crippen molar-refractivity contribution >= 4 is 50.6 Å². The van der Waals surface area contributed by atoms with Crippen molar-refractivity contribution in [3.8, 4) is 0 Å². The lowest BCUT2D eigenvalue weighted by molar-refractivity contribution is 0.246. The first-order chi connectivity index (χ1) is 11.3. The van der Waals surface area contributed by atoms with Crippen LogP contribution < -0.4 is 15.4 Å². The number of sulfonamides is 1. The summed E-state index contributed by atoms with van der Waals surface area (Å²) in [5, 5.41) is 6.04. The second-order valence-electron chi connectivity index (χ2n) is 4.62. The summed E-state index contributed by atoms with van der Waals surface area (Å²) in [6, 6.07) is 5.36. The summed E-state index contributed by atoms with van der Waals surface area (Å²) in [7, 11) is -4.11. The maximum absolute atomic E-state index is 12.4. The first kappa shape index (κ1) is 18.3. The molecular weight excluding hydrogens is 375 g/mol. The van der Waals surface area contributed by atoms with E-state index in [1.165, 1.54) is 12.3 Å². The number of rotatable bonds is 5. The molecule has 0 aliphatic rings. The Hall–Kier alpha value is -2.03. The molecule has 24 heavy (non-hydrogen) atoms. The number of aromatic nitrogens is 1. The van der Waals surface area contributed by atoms with E-state index in [-0.39, 0.29) is 10.6 Å². The Morgan fingerprint density at radius 1 is 1.21 bits per heavy atom. The van der Waals surface area contributed by atoms with Crippen LogP contribution >= 0.6 is 23.2 Å². The number of amides is 2. The van der Waals surface area contributed by atoms with Crippen molar-refractivity contribution in [2.24, 2.45) is 0 Å². The second kappa shape index (κ2) is 7.69. The van der Waals surface area contributed by atoms with Gasteiger partial charge in [-0.3, -0.25) is 4.98 Å². The summed E-state index contributed by atoms with van der Waals surface area (Å²) in [4.78, 5) is 15.1. The Kier molecular flexibility index (Phi) is 5.87. The largest absolute Gasteiger partial charge is 0.354 e. The number of pyridine rings is 1. The molecule has 2 aromatic rings. The molecule has 0 bridgehead atoms. The molecule has 0 fully saturated rings. The molecule has 2 rings (SSSR count). The number of hydrogen-bond donors (Lipinski definition) is 3. The van der Waals surface area contributed by atoms with Crippen LogP contribution in [0.1, 0.15) is 6.92 Å². The molecule has 0 saturated heterocycles. The SMILES string of the molecule is CCNC(=O)NS(=O)(=O)c1cnccc1Nc1cc(Cl)cc(Cl)c1. The molecule has 2 amide bonds. The van der Waals surface area contributed by atoms with Crippen LogP contribution in [0.5, 0.6) is 0 Å². The zero-order chi connectivity index (χ0) is 17.7. The van der Waals surface area contributed by atoms with Gasteiger partial charge in [0.25, 0.3) is 10.0 Å². The Morgan fingerprint density at radius 2 is 1.88 bits per heavy atom. The molecule has 1 aromatic carbocycles. The number of nitrogens with zero attached hydrogens (tertiary/aromatic N) is 1. The maximum Gasteiger partial charge on any atom is 0.328 e.